The highest BCUT2D eigenvalue weighted by Crippen LogP contribution is 2.21. The van der Waals surface area contributed by atoms with Gasteiger partial charge < -0.3 is 4.57 Å². The Morgan fingerprint density at radius 1 is 1.07 bits per heavy atom. The van der Waals surface area contributed by atoms with Gasteiger partial charge in [-0.05, 0) is 30.7 Å². The molecule has 0 radical (unpaired) electrons. The van der Waals surface area contributed by atoms with Crippen LogP contribution in [0.25, 0.3) is 10.9 Å². The van der Waals surface area contributed by atoms with Gasteiger partial charge in [-0.1, -0.05) is 71.8 Å². The van der Waals surface area contributed by atoms with E-state index in [4.69, 9.17) is 11.6 Å². The number of nitrogens with one attached hydrogen (secondary N) is 1. The molecule has 1 heterocycles. The Morgan fingerprint density at radius 3 is 2.69 bits per heavy atom. The van der Waals surface area contributed by atoms with Crippen molar-refractivity contribution in [1.29, 1.82) is 0 Å². The summed E-state index contributed by atoms with van der Waals surface area (Å²) in [4.78, 5) is 12.3. The zero-order chi connectivity index (χ0) is 20.2. The Labute approximate surface area is 174 Å². The number of hydrogen-bond acceptors (Lipinski definition) is 2. The molecular weight excluding hydrogens is 382 g/mol. The van der Waals surface area contributed by atoms with E-state index in [-0.39, 0.29) is 5.91 Å². The van der Waals surface area contributed by atoms with Gasteiger partial charge in [-0.15, -0.1) is 0 Å². The average Bonchev–Trinajstić information content (AvgIpc) is 3.06. The molecule has 1 amide bonds. The van der Waals surface area contributed by atoms with E-state index in [1.54, 1.807) is 30.5 Å². The van der Waals surface area contributed by atoms with E-state index >= 15 is 0 Å². The Bertz CT molecular complexity index is 1210. The molecule has 0 unspecified atom stereocenters. The van der Waals surface area contributed by atoms with Gasteiger partial charge in [0.05, 0.1) is 16.8 Å². The van der Waals surface area contributed by atoms with Crippen molar-refractivity contribution in [2.75, 3.05) is 0 Å². The lowest BCUT2D eigenvalue weighted by molar-refractivity contribution is 0.0955. The van der Waals surface area contributed by atoms with Gasteiger partial charge >= 0.3 is 0 Å². The van der Waals surface area contributed by atoms with Crippen molar-refractivity contribution >= 4 is 34.6 Å². The summed E-state index contributed by atoms with van der Waals surface area (Å²) in [5, 5.41) is 5.62. The first-order chi connectivity index (χ1) is 14.1. The molecule has 0 aliphatic heterocycles. The molecular formula is C24H20ClN3O. The number of aromatic nitrogens is 1. The van der Waals surface area contributed by atoms with E-state index in [2.05, 4.69) is 64.6 Å². The molecule has 4 aromatic rings. The van der Waals surface area contributed by atoms with E-state index in [9.17, 15) is 4.79 Å². The molecule has 0 atom stereocenters. The third-order valence-electron chi connectivity index (χ3n) is 4.74. The number of nitrogens with zero attached hydrogens (tertiary/aromatic N) is 2. The largest absolute Gasteiger partial charge is 0.342 e. The maximum atomic E-state index is 12.3. The number of amides is 1. The lowest BCUT2D eigenvalue weighted by Crippen LogP contribution is -2.17. The highest BCUT2D eigenvalue weighted by molar-refractivity contribution is 6.33. The number of para-hydroxylation sites is 1. The van der Waals surface area contributed by atoms with Gasteiger partial charge in [-0.3, -0.25) is 4.79 Å². The fraction of sp³-hybridized carbons (Fsp3) is 0.0833. The zero-order valence-corrected chi connectivity index (χ0v) is 16.7. The predicted octanol–water partition coefficient (Wildman–Crippen LogP) is 5.42. The van der Waals surface area contributed by atoms with Gasteiger partial charge in [0, 0.05) is 29.2 Å². The molecule has 0 spiro atoms. The van der Waals surface area contributed by atoms with Gasteiger partial charge in [0.15, 0.2) is 0 Å². The van der Waals surface area contributed by atoms with Gasteiger partial charge in [0.2, 0.25) is 0 Å². The van der Waals surface area contributed by atoms with Crippen molar-refractivity contribution in [2.45, 2.75) is 13.5 Å². The smallest absolute Gasteiger partial charge is 0.272 e. The molecule has 0 aliphatic rings. The van der Waals surface area contributed by atoms with E-state index in [1.807, 2.05) is 12.1 Å². The second-order valence-corrected chi connectivity index (χ2v) is 7.30. The van der Waals surface area contributed by atoms with Crippen molar-refractivity contribution < 1.29 is 4.79 Å². The Kier molecular flexibility index (Phi) is 5.45. The van der Waals surface area contributed by atoms with Crippen molar-refractivity contribution in [3.05, 3.63) is 106 Å². The van der Waals surface area contributed by atoms with Crippen LogP contribution in [-0.4, -0.2) is 16.7 Å². The average molecular weight is 402 g/mol. The van der Waals surface area contributed by atoms with Crippen LogP contribution in [0.1, 0.15) is 27.0 Å². The van der Waals surface area contributed by atoms with Crippen molar-refractivity contribution in [1.82, 2.24) is 9.99 Å². The number of aryl methyl sites for hydroxylation is 1. The maximum absolute atomic E-state index is 12.3. The minimum absolute atomic E-state index is 0.338. The summed E-state index contributed by atoms with van der Waals surface area (Å²) in [6.45, 7) is 2.86. The Hall–Kier alpha value is -3.37. The molecule has 0 fully saturated rings. The van der Waals surface area contributed by atoms with Gasteiger partial charge in [0.1, 0.15) is 0 Å². The number of carbonyl (C=O) groups is 1. The fourth-order valence-corrected chi connectivity index (χ4v) is 3.60. The van der Waals surface area contributed by atoms with E-state index in [0.29, 0.717) is 10.6 Å². The Balaban J connectivity index is 1.58. The molecule has 1 aromatic heterocycles. The molecule has 0 aliphatic carbocycles. The lowest BCUT2D eigenvalue weighted by atomic mass is 10.1. The van der Waals surface area contributed by atoms with Crippen LogP contribution in [0, 0.1) is 6.92 Å². The summed E-state index contributed by atoms with van der Waals surface area (Å²) < 4.78 is 2.20. The molecule has 1 N–H and O–H groups in total. The SMILES string of the molecule is Cc1cccc(Cn2cc(/C=N\NC(=O)c3ccccc3Cl)c3ccccc32)c1. The molecule has 144 valence electrons. The van der Waals surface area contributed by atoms with E-state index in [1.165, 1.54) is 11.1 Å². The first kappa shape index (κ1) is 19.0. The van der Waals surface area contributed by atoms with Crippen LogP contribution in [0.3, 0.4) is 0 Å². The first-order valence-corrected chi connectivity index (χ1v) is 9.71. The molecule has 3 aromatic carbocycles. The van der Waals surface area contributed by atoms with Gasteiger partial charge in [-0.2, -0.15) is 5.10 Å². The second kappa shape index (κ2) is 8.33. The molecule has 0 bridgehead atoms. The summed E-state index contributed by atoms with van der Waals surface area (Å²) in [5.41, 5.74) is 7.48. The summed E-state index contributed by atoms with van der Waals surface area (Å²) >= 11 is 6.07. The lowest BCUT2D eigenvalue weighted by Gasteiger charge is -2.06. The van der Waals surface area contributed by atoms with Crippen LogP contribution in [0.2, 0.25) is 5.02 Å². The number of benzene rings is 3. The normalized spacial score (nSPS) is 11.2. The molecule has 29 heavy (non-hydrogen) atoms. The number of carbonyl (C=O) groups excluding carboxylic acids is 1. The Morgan fingerprint density at radius 2 is 1.86 bits per heavy atom. The van der Waals surface area contributed by atoms with Crippen LogP contribution in [0.15, 0.2) is 84.1 Å². The monoisotopic (exact) mass is 401 g/mol. The fourth-order valence-electron chi connectivity index (χ4n) is 3.38. The summed E-state index contributed by atoms with van der Waals surface area (Å²) in [7, 11) is 0. The number of halogens is 1. The molecule has 0 saturated carbocycles. The van der Waals surface area contributed by atoms with Crippen molar-refractivity contribution in [3.8, 4) is 0 Å². The highest BCUT2D eigenvalue weighted by Gasteiger charge is 2.09. The minimum atomic E-state index is -0.338. The molecule has 5 heteroatoms. The minimum Gasteiger partial charge on any atom is -0.342 e. The summed E-state index contributed by atoms with van der Waals surface area (Å²) in [5.74, 6) is -0.338. The number of hydrogen-bond donors (Lipinski definition) is 1. The molecule has 4 nitrogen and oxygen atoms in total. The van der Waals surface area contributed by atoms with E-state index < -0.39 is 0 Å². The summed E-state index contributed by atoms with van der Waals surface area (Å²) in [6.07, 6.45) is 3.72. The van der Waals surface area contributed by atoms with Crippen LogP contribution in [0.5, 0.6) is 0 Å². The number of hydrazone groups is 1. The van der Waals surface area contributed by atoms with Gasteiger partial charge in [-0.25, -0.2) is 5.43 Å². The van der Waals surface area contributed by atoms with Crippen LogP contribution >= 0.6 is 11.6 Å². The highest BCUT2D eigenvalue weighted by atomic mass is 35.5. The third kappa shape index (κ3) is 4.23. The van der Waals surface area contributed by atoms with Crippen LogP contribution in [-0.2, 0) is 6.54 Å². The number of rotatable bonds is 5. The molecule has 0 saturated heterocycles. The van der Waals surface area contributed by atoms with Gasteiger partial charge in [0.25, 0.3) is 5.91 Å². The standard InChI is InChI=1S/C24H20ClN3O/c1-17-7-6-8-18(13-17)15-28-16-19(20-9-3-5-12-23(20)28)14-26-27-24(29)21-10-2-4-11-22(21)25/h2-14,16H,15H2,1H3,(H,27,29)/b26-14-. The van der Waals surface area contributed by atoms with E-state index in [0.717, 1.165) is 23.0 Å². The predicted molar refractivity (Wildman–Crippen MR) is 119 cm³/mol. The third-order valence-corrected chi connectivity index (χ3v) is 5.07. The molecule has 4 rings (SSSR count). The zero-order valence-electron chi connectivity index (χ0n) is 16.0. The first-order valence-electron chi connectivity index (χ1n) is 9.33. The maximum Gasteiger partial charge on any atom is 0.272 e. The topological polar surface area (TPSA) is 46.4 Å². The number of fused-ring (bicyclic) bond motifs is 1. The van der Waals surface area contributed by atoms with Crippen LogP contribution < -0.4 is 5.43 Å². The van der Waals surface area contributed by atoms with Crippen LogP contribution in [0.4, 0.5) is 0 Å². The summed E-state index contributed by atoms with van der Waals surface area (Å²) in [6, 6.07) is 23.5. The van der Waals surface area contributed by atoms with Crippen molar-refractivity contribution in [2.24, 2.45) is 5.10 Å². The van der Waals surface area contributed by atoms with Crippen molar-refractivity contribution in [3.63, 3.8) is 0 Å². The second-order valence-electron chi connectivity index (χ2n) is 6.90. The quantitative estimate of drug-likeness (QED) is 0.352.